The summed E-state index contributed by atoms with van der Waals surface area (Å²) >= 11 is 0. The third-order valence-electron chi connectivity index (χ3n) is 3.73. The molecular formula is C15H16O6. The Bertz CT molecular complexity index is 541. The molecule has 0 fully saturated rings. The maximum Gasteiger partial charge on any atom is 0.342 e. The summed E-state index contributed by atoms with van der Waals surface area (Å²) in [5.41, 5.74) is 1.63. The van der Waals surface area contributed by atoms with E-state index >= 15 is 0 Å². The smallest absolute Gasteiger partial charge is 0.342 e. The average Bonchev–Trinajstić information content (AvgIpc) is 2.80. The Labute approximate surface area is 121 Å². The van der Waals surface area contributed by atoms with Crippen LogP contribution in [0, 0.1) is 0 Å². The summed E-state index contributed by atoms with van der Waals surface area (Å²) in [6.45, 7) is 3.16. The number of carbonyl (C=O) groups excluding carboxylic acids is 4. The second-order valence-corrected chi connectivity index (χ2v) is 5.12. The average molecular weight is 292 g/mol. The highest BCUT2D eigenvalue weighted by atomic mass is 16.6. The van der Waals surface area contributed by atoms with Gasteiger partial charge in [0.15, 0.2) is 0 Å². The van der Waals surface area contributed by atoms with Gasteiger partial charge in [0.25, 0.3) is 0 Å². The van der Waals surface area contributed by atoms with Gasteiger partial charge in [0.1, 0.15) is 0 Å². The zero-order valence-electron chi connectivity index (χ0n) is 12.0. The van der Waals surface area contributed by atoms with Crippen molar-refractivity contribution < 1.29 is 28.7 Å². The van der Waals surface area contributed by atoms with Crippen LogP contribution in [-0.4, -0.2) is 23.9 Å². The van der Waals surface area contributed by atoms with Crippen LogP contribution >= 0.6 is 0 Å². The Morgan fingerprint density at radius 1 is 0.619 bits per heavy atom. The Hall–Kier alpha value is -2.24. The van der Waals surface area contributed by atoms with Gasteiger partial charge in [0, 0.05) is 22.3 Å². The fourth-order valence-electron chi connectivity index (χ4n) is 2.36. The van der Waals surface area contributed by atoms with E-state index in [0.29, 0.717) is 48.0 Å². The quantitative estimate of drug-likeness (QED) is 0.421. The molecule has 2 heterocycles. The largest absolute Gasteiger partial charge is 0.386 e. The van der Waals surface area contributed by atoms with Crippen molar-refractivity contribution in [2.75, 3.05) is 0 Å². The Balaban J connectivity index is 1.77. The molecule has 0 aromatic rings. The van der Waals surface area contributed by atoms with Crippen LogP contribution in [0.5, 0.6) is 0 Å². The molecule has 0 aromatic heterocycles. The van der Waals surface area contributed by atoms with Crippen molar-refractivity contribution in [3.63, 3.8) is 0 Å². The number of rotatable bonds is 6. The lowest BCUT2D eigenvalue weighted by atomic mass is 10.0. The molecule has 2 aliphatic rings. The minimum Gasteiger partial charge on any atom is -0.386 e. The molecule has 0 unspecified atom stereocenters. The molecule has 0 atom stereocenters. The molecule has 0 aromatic carbocycles. The first-order valence-electron chi connectivity index (χ1n) is 6.84. The molecule has 0 saturated carbocycles. The van der Waals surface area contributed by atoms with Gasteiger partial charge in [-0.1, -0.05) is 6.42 Å². The van der Waals surface area contributed by atoms with Crippen molar-refractivity contribution >= 4 is 23.9 Å². The van der Waals surface area contributed by atoms with Crippen LogP contribution in [-0.2, 0) is 28.7 Å². The topological polar surface area (TPSA) is 86.7 Å². The first-order valence-corrected chi connectivity index (χ1v) is 6.84. The lowest BCUT2D eigenvalue weighted by molar-refractivity contribution is -0.152. The summed E-state index contributed by atoms with van der Waals surface area (Å²) < 4.78 is 9.01. The minimum absolute atomic E-state index is 0.378. The first kappa shape index (κ1) is 15.2. The van der Waals surface area contributed by atoms with Crippen molar-refractivity contribution in [2.45, 2.75) is 46.0 Å². The van der Waals surface area contributed by atoms with Crippen LogP contribution in [0.1, 0.15) is 46.0 Å². The number of esters is 4. The van der Waals surface area contributed by atoms with E-state index in [4.69, 9.17) is 0 Å². The summed E-state index contributed by atoms with van der Waals surface area (Å²) in [4.78, 5) is 45.1. The fourth-order valence-corrected chi connectivity index (χ4v) is 2.36. The van der Waals surface area contributed by atoms with Gasteiger partial charge in [-0.25, -0.2) is 19.2 Å². The zero-order chi connectivity index (χ0) is 15.6. The van der Waals surface area contributed by atoms with E-state index in [0.717, 1.165) is 6.42 Å². The van der Waals surface area contributed by atoms with Crippen molar-refractivity contribution in [3.8, 4) is 0 Å². The SMILES string of the molecule is CC1=C(CCCCCC2=C(C)C(=O)OC2=O)C(=O)OC1=O. The second-order valence-electron chi connectivity index (χ2n) is 5.12. The number of carbonyl (C=O) groups is 4. The molecule has 0 saturated heterocycles. The first-order chi connectivity index (χ1) is 9.91. The zero-order valence-corrected chi connectivity index (χ0v) is 12.0. The molecule has 0 radical (unpaired) electrons. The minimum atomic E-state index is -0.567. The molecule has 0 bridgehead atoms. The molecule has 0 spiro atoms. The van der Waals surface area contributed by atoms with E-state index < -0.39 is 23.9 Å². The molecule has 2 rings (SSSR count). The van der Waals surface area contributed by atoms with Gasteiger partial charge < -0.3 is 9.47 Å². The summed E-state index contributed by atoms with van der Waals surface area (Å²) in [6, 6.07) is 0. The maximum atomic E-state index is 11.4. The number of unbranched alkanes of at least 4 members (excludes halogenated alkanes) is 2. The molecule has 112 valence electrons. The van der Waals surface area contributed by atoms with Gasteiger partial charge in [0.2, 0.25) is 0 Å². The van der Waals surface area contributed by atoms with E-state index in [1.165, 1.54) is 0 Å². The van der Waals surface area contributed by atoms with E-state index in [1.807, 2.05) is 0 Å². The van der Waals surface area contributed by atoms with Crippen molar-refractivity contribution in [3.05, 3.63) is 22.3 Å². The van der Waals surface area contributed by atoms with Gasteiger partial charge in [0.05, 0.1) is 0 Å². The Morgan fingerprint density at radius 3 is 1.29 bits per heavy atom. The van der Waals surface area contributed by atoms with Crippen molar-refractivity contribution in [1.29, 1.82) is 0 Å². The Morgan fingerprint density at radius 2 is 1.00 bits per heavy atom. The van der Waals surface area contributed by atoms with Gasteiger partial charge in [-0.3, -0.25) is 0 Å². The van der Waals surface area contributed by atoms with E-state index in [2.05, 4.69) is 9.47 Å². The molecular weight excluding hydrogens is 276 g/mol. The monoisotopic (exact) mass is 292 g/mol. The summed E-state index contributed by atoms with van der Waals surface area (Å²) in [6.07, 6.45) is 3.17. The highest BCUT2D eigenvalue weighted by Crippen LogP contribution is 2.25. The van der Waals surface area contributed by atoms with Gasteiger partial charge in [-0.15, -0.1) is 0 Å². The second kappa shape index (κ2) is 6.03. The molecule has 0 N–H and O–H groups in total. The fraction of sp³-hybridized carbons (Fsp3) is 0.467. The number of hydrogen-bond donors (Lipinski definition) is 0. The van der Waals surface area contributed by atoms with Crippen LogP contribution < -0.4 is 0 Å². The molecule has 6 heteroatoms. The summed E-state index contributed by atoms with van der Waals surface area (Å²) in [5, 5.41) is 0. The lowest BCUT2D eigenvalue weighted by Crippen LogP contribution is -2.02. The molecule has 0 aliphatic carbocycles. The van der Waals surface area contributed by atoms with Gasteiger partial charge in [-0.2, -0.15) is 0 Å². The third-order valence-corrected chi connectivity index (χ3v) is 3.73. The van der Waals surface area contributed by atoms with Crippen LogP contribution in [0.2, 0.25) is 0 Å². The summed E-state index contributed by atoms with van der Waals surface area (Å²) in [5.74, 6) is -2.24. The number of hydrogen-bond acceptors (Lipinski definition) is 6. The molecule has 21 heavy (non-hydrogen) atoms. The van der Waals surface area contributed by atoms with Crippen LogP contribution in [0.25, 0.3) is 0 Å². The van der Waals surface area contributed by atoms with Gasteiger partial charge in [-0.05, 0) is 39.5 Å². The molecule has 0 amide bonds. The van der Waals surface area contributed by atoms with Crippen LogP contribution in [0.15, 0.2) is 22.3 Å². The van der Waals surface area contributed by atoms with E-state index in [-0.39, 0.29) is 0 Å². The Kier molecular flexibility index (Phi) is 4.35. The predicted octanol–water partition coefficient (Wildman–Crippen LogP) is 1.74. The van der Waals surface area contributed by atoms with Crippen molar-refractivity contribution in [1.82, 2.24) is 0 Å². The summed E-state index contributed by atoms with van der Waals surface area (Å²) in [7, 11) is 0. The van der Waals surface area contributed by atoms with Crippen LogP contribution in [0.3, 0.4) is 0 Å². The lowest BCUT2D eigenvalue weighted by Gasteiger charge is -2.02. The number of cyclic esters (lactones) is 4. The molecule has 6 nitrogen and oxygen atoms in total. The van der Waals surface area contributed by atoms with Crippen molar-refractivity contribution in [2.24, 2.45) is 0 Å². The van der Waals surface area contributed by atoms with E-state index in [9.17, 15) is 19.2 Å². The van der Waals surface area contributed by atoms with Gasteiger partial charge >= 0.3 is 23.9 Å². The maximum absolute atomic E-state index is 11.4. The highest BCUT2D eigenvalue weighted by molar-refractivity contribution is 6.12. The van der Waals surface area contributed by atoms with E-state index in [1.54, 1.807) is 13.8 Å². The normalized spacial score (nSPS) is 18.8. The van der Waals surface area contributed by atoms with Crippen LogP contribution in [0.4, 0.5) is 0 Å². The third kappa shape index (κ3) is 3.09. The standard InChI is InChI=1S/C15H16O6/c1-8-10(14(18)20-12(8)16)6-4-3-5-7-11-9(2)13(17)21-15(11)19/h3-7H2,1-2H3. The number of ether oxygens (including phenoxy) is 2. The molecule has 2 aliphatic heterocycles. The predicted molar refractivity (Wildman–Crippen MR) is 70.7 cm³/mol. The highest BCUT2D eigenvalue weighted by Gasteiger charge is 2.30.